The monoisotopic (exact) mass is 270 g/mol. The van der Waals surface area contributed by atoms with Gasteiger partial charge in [0.25, 0.3) is 0 Å². The topological polar surface area (TPSA) is 55.1 Å². The summed E-state index contributed by atoms with van der Waals surface area (Å²) in [6, 6.07) is 4.16. The van der Waals surface area contributed by atoms with E-state index in [4.69, 9.17) is 5.73 Å². The normalized spacial score (nSPS) is 12.2. The average Bonchev–Trinajstić information content (AvgIpc) is 2.26. The highest BCUT2D eigenvalue weighted by Crippen LogP contribution is 2.16. The molecule has 0 aliphatic carbocycles. The third-order valence-corrected chi connectivity index (χ3v) is 3.41. The molecule has 0 spiro atoms. The number of hydrogen-bond donors (Lipinski definition) is 2. The summed E-state index contributed by atoms with van der Waals surface area (Å²) in [5.74, 6) is 1.13. The van der Waals surface area contributed by atoms with E-state index in [1.807, 2.05) is 0 Å². The number of carbonyl (C=O) groups excluding carboxylic acids is 1. The molecule has 1 unspecified atom stereocenters. The van der Waals surface area contributed by atoms with Crippen LogP contribution in [0.3, 0.4) is 0 Å². The lowest BCUT2D eigenvalue weighted by Crippen LogP contribution is -2.36. The van der Waals surface area contributed by atoms with Crippen LogP contribution in [0.2, 0.25) is 0 Å². The summed E-state index contributed by atoms with van der Waals surface area (Å²) < 4.78 is 13.2. The predicted molar refractivity (Wildman–Crippen MR) is 75.4 cm³/mol. The highest BCUT2D eigenvalue weighted by atomic mass is 32.2. The number of anilines is 1. The van der Waals surface area contributed by atoms with Crippen LogP contribution in [0.5, 0.6) is 0 Å². The Kier molecular flexibility index (Phi) is 5.98. The Morgan fingerprint density at radius 1 is 1.50 bits per heavy atom. The fourth-order valence-corrected chi connectivity index (χ4v) is 2.34. The Morgan fingerprint density at radius 2 is 2.22 bits per heavy atom. The Bertz CT molecular complexity index is 392. The number of rotatable bonds is 7. The molecule has 0 saturated carbocycles. The number of halogens is 1. The van der Waals surface area contributed by atoms with Crippen molar-refractivity contribution in [2.45, 2.75) is 26.3 Å². The van der Waals surface area contributed by atoms with Crippen molar-refractivity contribution in [3.05, 3.63) is 29.6 Å². The Morgan fingerprint density at radius 3 is 2.78 bits per heavy atom. The molecule has 5 heteroatoms. The maximum absolute atomic E-state index is 13.2. The number of primary amides is 1. The molecular formula is C13H19FN2OS. The van der Waals surface area contributed by atoms with Crippen LogP contribution in [-0.4, -0.2) is 23.5 Å². The van der Waals surface area contributed by atoms with Gasteiger partial charge in [0.15, 0.2) is 0 Å². The molecule has 0 saturated heterocycles. The molecule has 1 aromatic carbocycles. The van der Waals surface area contributed by atoms with Gasteiger partial charge in [0, 0.05) is 5.69 Å². The average molecular weight is 270 g/mol. The van der Waals surface area contributed by atoms with E-state index in [0.29, 0.717) is 12.1 Å². The Labute approximate surface area is 111 Å². The molecule has 0 aliphatic rings. The second-order valence-corrected chi connectivity index (χ2v) is 5.50. The summed E-state index contributed by atoms with van der Waals surface area (Å²) in [4.78, 5) is 11.3. The van der Waals surface area contributed by atoms with Crippen LogP contribution in [0.15, 0.2) is 18.2 Å². The van der Waals surface area contributed by atoms with Crippen molar-refractivity contribution in [2.24, 2.45) is 5.73 Å². The largest absolute Gasteiger partial charge is 0.374 e. The third-order valence-electron chi connectivity index (χ3n) is 2.48. The minimum absolute atomic E-state index is 0.316. The number of hydrogen-bond acceptors (Lipinski definition) is 3. The second kappa shape index (κ2) is 7.26. The molecule has 0 heterocycles. The molecular weight excluding hydrogens is 251 g/mol. The summed E-state index contributed by atoms with van der Waals surface area (Å²) in [6.07, 6.45) is 0.642. The molecule has 100 valence electrons. The van der Waals surface area contributed by atoms with E-state index in [9.17, 15) is 9.18 Å². The number of nitrogens with two attached hydrogens (primary N) is 1. The van der Waals surface area contributed by atoms with Gasteiger partial charge in [-0.3, -0.25) is 4.79 Å². The first-order chi connectivity index (χ1) is 8.52. The molecule has 0 radical (unpaired) electrons. The van der Waals surface area contributed by atoms with Crippen LogP contribution in [0.25, 0.3) is 0 Å². The van der Waals surface area contributed by atoms with Crippen molar-refractivity contribution in [3.63, 3.8) is 0 Å². The van der Waals surface area contributed by atoms with Crippen molar-refractivity contribution in [2.75, 3.05) is 16.8 Å². The summed E-state index contributed by atoms with van der Waals surface area (Å²) >= 11 is 1.75. The molecule has 1 atom stereocenters. The van der Waals surface area contributed by atoms with Gasteiger partial charge in [0.1, 0.15) is 11.9 Å². The minimum Gasteiger partial charge on any atom is -0.374 e. The smallest absolute Gasteiger partial charge is 0.239 e. The van der Waals surface area contributed by atoms with E-state index in [-0.39, 0.29) is 5.82 Å². The number of aryl methyl sites for hydroxylation is 1. The van der Waals surface area contributed by atoms with Crippen molar-refractivity contribution < 1.29 is 9.18 Å². The van der Waals surface area contributed by atoms with Gasteiger partial charge in [0.05, 0.1) is 0 Å². The van der Waals surface area contributed by atoms with E-state index >= 15 is 0 Å². The molecule has 0 aromatic heterocycles. The standard InChI is InChI=1S/C13H19FN2OS/c1-3-18-5-4-12(13(15)17)16-11-7-9(2)6-10(14)8-11/h6-8,12,16H,3-5H2,1-2H3,(H2,15,17). The number of amides is 1. The van der Waals surface area contributed by atoms with E-state index < -0.39 is 11.9 Å². The van der Waals surface area contributed by atoms with E-state index in [2.05, 4.69) is 12.2 Å². The number of carbonyl (C=O) groups is 1. The van der Waals surface area contributed by atoms with Crippen LogP contribution in [0.1, 0.15) is 18.9 Å². The summed E-state index contributed by atoms with van der Waals surface area (Å²) in [5, 5.41) is 2.99. The third kappa shape index (κ3) is 4.96. The van der Waals surface area contributed by atoms with Gasteiger partial charge >= 0.3 is 0 Å². The SMILES string of the molecule is CCSCCC(Nc1cc(C)cc(F)c1)C(N)=O. The first-order valence-electron chi connectivity index (χ1n) is 5.93. The maximum atomic E-state index is 13.2. The summed E-state index contributed by atoms with van der Waals surface area (Å²) in [7, 11) is 0. The van der Waals surface area contributed by atoms with Gasteiger partial charge in [-0.15, -0.1) is 0 Å². The molecule has 3 N–H and O–H groups in total. The highest BCUT2D eigenvalue weighted by Gasteiger charge is 2.15. The van der Waals surface area contributed by atoms with Crippen LogP contribution < -0.4 is 11.1 Å². The Hall–Kier alpha value is -1.23. The van der Waals surface area contributed by atoms with Gasteiger partial charge < -0.3 is 11.1 Å². The zero-order chi connectivity index (χ0) is 13.5. The first kappa shape index (κ1) is 14.8. The number of thioether (sulfide) groups is 1. The van der Waals surface area contributed by atoms with E-state index in [0.717, 1.165) is 17.1 Å². The molecule has 18 heavy (non-hydrogen) atoms. The van der Waals surface area contributed by atoms with Crippen LogP contribution >= 0.6 is 11.8 Å². The van der Waals surface area contributed by atoms with Gasteiger partial charge in [-0.1, -0.05) is 6.92 Å². The van der Waals surface area contributed by atoms with Gasteiger partial charge in [-0.25, -0.2) is 4.39 Å². The lowest BCUT2D eigenvalue weighted by atomic mass is 10.1. The van der Waals surface area contributed by atoms with Gasteiger partial charge in [0.2, 0.25) is 5.91 Å². The molecule has 1 amide bonds. The van der Waals surface area contributed by atoms with Crippen LogP contribution in [0, 0.1) is 12.7 Å². The molecule has 3 nitrogen and oxygen atoms in total. The van der Waals surface area contributed by atoms with Crippen molar-refractivity contribution >= 4 is 23.4 Å². The summed E-state index contributed by atoms with van der Waals surface area (Å²) in [5.41, 5.74) is 6.74. The molecule has 0 aliphatic heterocycles. The lowest BCUT2D eigenvalue weighted by Gasteiger charge is -2.17. The van der Waals surface area contributed by atoms with Gasteiger partial charge in [-0.2, -0.15) is 11.8 Å². The molecule has 1 aromatic rings. The second-order valence-electron chi connectivity index (χ2n) is 4.10. The minimum atomic E-state index is -0.453. The zero-order valence-electron chi connectivity index (χ0n) is 10.7. The quantitative estimate of drug-likeness (QED) is 0.749. The first-order valence-corrected chi connectivity index (χ1v) is 7.09. The van der Waals surface area contributed by atoms with Crippen molar-refractivity contribution in [1.82, 2.24) is 0 Å². The summed E-state index contributed by atoms with van der Waals surface area (Å²) in [6.45, 7) is 3.87. The molecule has 0 fully saturated rings. The Balaban J connectivity index is 2.67. The lowest BCUT2D eigenvalue weighted by molar-refractivity contribution is -0.118. The van der Waals surface area contributed by atoms with Gasteiger partial charge in [-0.05, 0) is 48.6 Å². The fourth-order valence-electron chi connectivity index (χ4n) is 1.65. The number of benzene rings is 1. The number of nitrogens with one attached hydrogen (secondary N) is 1. The molecule has 1 rings (SSSR count). The fraction of sp³-hybridized carbons (Fsp3) is 0.462. The zero-order valence-corrected chi connectivity index (χ0v) is 11.5. The van der Waals surface area contributed by atoms with Crippen LogP contribution in [0.4, 0.5) is 10.1 Å². The van der Waals surface area contributed by atoms with Crippen molar-refractivity contribution in [1.29, 1.82) is 0 Å². The van der Waals surface area contributed by atoms with E-state index in [1.54, 1.807) is 24.8 Å². The molecule has 0 bridgehead atoms. The van der Waals surface area contributed by atoms with Crippen molar-refractivity contribution in [3.8, 4) is 0 Å². The van der Waals surface area contributed by atoms with E-state index in [1.165, 1.54) is 12.1 Å². The predicted octanol–water partition coefficient (Wildman–Crippen LogP) is 2.54. The highest BCUT2D eigenvalue weighted by molar-refractivity contribution is 7.99. The van der Waals surface area contributed by atoms with Crippen LogP contribution in [-0.2, 0) is 4.79 Å². The maximum Gasteiger partial charge on any atom is 0.239 e.